The van der Waals surface area contributed by atoms with Crippen molar-refractivity contribution < 1.29 is 19.7 Å². The summed E-state index contributed by atoms with van der Waals surface area (Å²) in [6.07, 6.45) is -0.863. The molecule has 0 unspecified atom stereocenters. The van der Waals surface area contributed by atoms with Crippen LogP contribution in [0.1, 0.15) is 19.4 Å². The first kappa shape index (κ1) is 18.7. The normalized spacial score (nSPS) is 10.0. The van der Waals surface area contributed by atoms with Gasteiger partial charge in [0.2, 0.25) is 0 Å². The van der Waals surface area contributed by atoms with Crippen LogP contribution in [-0.2, 0) is 11.2 Å². The van der Waals surface area contributed by atoms with Crippen LogP contribution in [0.5, 0.6) is 0 Å². The molecule has 0 spiro atoms. The van der Waals surface area contributed by atoms with Crippen molar-refractivity contribution in [3.63, 3.8) is 0 Å². The van der Waals surface area contributed by atoms with Gasteiger partial charge < -0.3 is 14.9 Å². The second-order valence-corrected chi connectivity index (χ2v) is 5.52. The van der Waals surface area contributed by atoms with E-state index in [1.54, 1.807) is 0 Å². The standard InChI is InChI=1S/C18H22O.CH2O3/c1-15(2)14-19-13-12-17-10-6-7-11-18(17)16-8-4-3-5-9-16;2-1(3)4/h3-11,15H,12-14H2,1-2H3;(H2,2,3,4). The zero-order valence-corrected chi connectivity index (χ0v) is 13.6. The molecular formula is C19H24O4. The maximum Gasteiger partial charge on any atom is 0.503 e. The van der Waals surface area contributed by atoms with Gasteiger partial charge in [-0.25, -0.2) is 4.79 Å². The smallest absolute Gasteiger partial charge is 0.450 e. The zero-order valence-electron chi connectivity index (χ0n) is 13.6. The number of carbonyl (C=O) groups is 1. The van der Waals surface area contributed by atoms with Gasteiger partial charge in [-0.15, -0.1) is 0 Å². The van der Waals surface area contributed by atoms with Crippen molar-refractivity contribution in [2.45, 2.75) is 20.3 Å². The maximum absolute atomic E-state index is 8.56. The quantitative estimate of drug-likeness (QED) is 0.752. The molecule has 0 heterocycles. The fourth-order valence-corrected chi connectivity index (χ4v) is 2.14. The van der Waals surface area contributed by atoms with E-state index < -0.39 is 6.16 Å². The van der Waals surface area contributed by atoms with Crippen molar-refractivity contribution in [3.05, 3.63) is 60.2 Å². The Morgan fingerprint density at radius 1 is 1.00 bits per heavy atom. The van der Waals surface area contributed by atoms with Gasteiger partial charge in [0.15, 0.2) is 0 Å². The Balaban J connectivity index is 0.000000593. The zero-order chi connectivity index (χ0) is 17.1. The number of hydrogen-bond acceptors (Lipinski definition) is 2. The van der Waals surface area contributed by atoms with Gasteiger partial charge in [-0.05, 0) is 29.0 Å². The van der Waals surface area contributed by atoms with Gasteiger partial charge in [-0.3, -0.25) is 0 Å². The lowest BCUT2D eigenvalue weighted by molar-refractivity contribution is 0.113. The lowest BCUT2D eigenvalue weighted by atomic mass is 9.98. The number of hydrogen-bond donors (Lipinski definition) is 2. The Labute approximate surface area is 137 Å². The summed E-state index contributed by atoms with van der Waals surface area (Å²) in [7, 11) is 0. The molecule has 0 aliphatic rings. The molecule has 0 bridgehead atoms. The highest BCUT2D eigenvalue weighted by molar-refractivity contribution is 5.67. The van der Waals surface area contributed by atoms with Crippen molar-refractivity contribution in [3.8, 4) is 11.1 Å². The summed E-state index contributed by atoms with van der Waals surface area (Å²) in [5, 5.41) is 13.9. The van der Waals surface area contributed by atoms with Crippen molar-refractivity contribution in [1.29, 1.82) is 0 Å². The van der Waals surface area contributed by atoms with Crippen LogP contribution in [0.25, 0.3) is 11.1 Å². The van der Waals surface area contributed by atoms with Crippen molar-refractivity contribution in [1.82, 2.24) is 0 Å². The van der Waals surface area contributed by atoms with E-state index in [-0.39, 0.29) is 0 Å². The molecule has 23 heavy (non-hydrogen) atoms. The van der Waals surface area contributed by atoms with E-state index in [2.05, 4.69) is 68.4 Å². The third-order valence-corrected chi connectivity index (χ3v) is 3.07. The highest BCUT2D eigenvalue weighted by Crippen LogP contribution is 2.23. The fourth-order valence-electron chi connectivity index (χ4n) is 2.14. The lowest BCUT2D eigenvalue weighted by Gasteiger charge is -2.11. The molecule has 2 aromatic carbocycles. The molecule has 0 saturated heterocycles. The molecule has 2 N–H and O–H groups in total. The first-order valence-electron chi connectivity index (χ1n) is 7.63. The van der Waals surface area contributed by atoms with Gasteiger partial charge >= 0.3 is 6.16 Å². The minimum atomic E-state index is -1.83. The van der Waals surface area contributed by atoms with Crippen LogP contribution in [-0.4, -0.2) is 29.6 Å². The molecule has 124 valence electrons. The Morgan fingerprint density at radius 3 is 2.17 bits per heavy atom. The molecule has 0 amide bonds. The number of ether oxygens (including phenoxy) is 1. The number of carboxylic acid groups (broad SMARTS) is 2. The van der Waals surface area contributed by atoms with Crippen LogP contribution < -0.4 is 0 Å². The summed E-state index contributed by atoms with van der Waals surface area (Å²) in [6.45, 7) is 5.99. The molecule has 0 aromatic heterocycles. The average Bonchev–Trinajstić information content (AvgIpc) is 2.52. The summed E-state index contributed by atoms with van der Waals surface area (Å²) in [6, 6.07) is 19.1. The topological polar surface area (TPSA) is 66.8 Å². The second-order valence-electron chi connectivity index (χ2n) is 5.52. The van der Waals surface area contributed by atoms with Gasteiger partial charge in [0.1, 0.15) is 0 Å². The highest BCUT2D eigenvalue weighted by atomic mass is 16.6. The average molecular weight is 316 g/mol. The summed E-state index contributed by atoms with van der Waals surface area (Å²) in [5.41, 5.74) is 3.95. The molecule has 2 aromatic rings. The van der Waals surface area contributed by atoms with E-state index >= 15 is 0 Å². The number of benzene rings is 2. The Kier molecular flexibility index (Phi) is 8.47. The van der Waals surface area contributed by atoms with E-state index in [9.17, 15) is 0 Å². The molecule has 0 radical (unpaired) electrons. The largest absolute Gasteiger partial charge is 0.503 e. The molecule has 0 aliphatic carbocycles. The summed E-state index contributed by atoms with van der Waals surface area (Å²) in [5.74, 6) is 0.601. The first-order valence-corrected chi connectivity index (χ1v) is 7.63. The van der Waals surface area contributed by atoms with Crippen LogP contribution >= 0.6 is 0 Å². The predicted octanol–water partition coefficient (Wildman–Crippen LogP) is 4.79. The first-order chi connectivity index (χ1) is 11.0. The van der Waals surface area contributed by atoms with Gasteiger partial charge in [0.25, 0.3) is 0 Å². The monoisotopic (exact) mass is 316 g/mol. The van der Waals surface area contributed by atoms with Gasteiger partial charge in [0, 0.05) is 6.61 Å². The van der Waals surface area contributed by atoms with E-state index in [4.69, 9.17) is 19.7 Å². The Morgan fingerprint density at radius 2 is 1.57 bits per heavy atom. The molecule has 0 fully saturated rings. The second kappa shape index (κ2) is 10.4. The predicted molar refractivity (Wildman–Crippen MR) is 91.9 cm³/mol. The highest BCUT2D eigenvalue weighted by Gasteiger charge is 2.04. The Hall–Kier alpha value is -2.33. The van der Waals surface area contributed by atoms with Crippen molar-refractivity contribution >= 4 is 6.16 Å². The van der Waals surface area contributed by atoms with Crippen LogP contribution in [0.3, 0.4) is 0 Å². The molecule has 2 rings (SSSR count). The minimum Gasteiger partial charge on any atom is -0.450 e. The van der Waals surface area contributed by atoms with Crippen molar-refractivity contribution in [2.75, 3.05) is 13.2 Å². The Bertz CT molecular complexity index is 575. The van der Waals surface area contributed by atoms with Gasteiger partial charge in [-0.1, -0.05) is 68.4 Å². The lowest BCUT2D eigenvalue weighted by Crippen LogP contribution is -2.05. The fraction of sp³-hybridized carbons (Fsp3) is 0.316. The van der Waals surface area contributed by atoms with Gasteiger partial charge in [-0.2, -0.15) is 0 Å². The summed E-state index contributed by atoms with van der Waals surface area (Å²) >= 11 is 0. The maximum atomic E-state index is 8.56. The van der Waals surface area contributed by atoms with Crippen LogP contribution in [0.15, 0.2) is 54.6 Å². The molecule has 0 atom stereocenters. The minimum absolute atomic E-state index is 0.601. The summed E-state index contributed by atoms with van der Waals surface area (Å²) < 4.78 is 5.69. The third kappa shape index (κ3) is 8.02. The molecule has 4 heteroatoms. The third-order valence-electron chi connectivity index (χ3n) is 3.07. The van der Waals surface area contributed by atoms with E-state index in [0.29, 0.717) is 5.92 Å². The van der Waals surface area contributed by atoms with Gasteiger partial charge in [0.05, 0.1) is 6.61 Å². The SMILES string of the molecule is CC(C)COCCc1ccccc1-c1ccccc1.O=C(O)O. The molecule has 4 nitrogen and oxygen atoms in total. The van der Waals surface area contributed by atoms with Crippen LogP contribution in [0.4, 0.5) is 4.79 Å². The molecular weight excluding hydrogens is 292 g/mol. The molecule has 0 saturated carbocycles. The van der Waals surface area contributed by atoms with E-state index in [0.717, 1.165) is 19.6 Å². The van der Waals surface area contributed by atoms with Crippen LogP contribution in [0.2, 0.25) is 0 Å². The van der Waals surface area contributed by atoms with E-state index in [1.807, 2.05) is 0 Å². The van der Waals surface area contributed by atoms with E-state index in [1.165, 1.54) is 16.7 Å². The van der Waals surface area contributed by atoms with Crippen LogP contribution in [0, 0.1) is 5.92 Å². The molecule has 0 aliphatic heterocycles. The summed E-state index contributed by atoms with van der Waals surface area (Å²) in [4.78, 5) is 8.56. The van der Waals surface area contributed by atoms with Crippen molar-refractivity contribution in [2.24, 2.45) is 5.92 Å². The number of rotatable bonds is 6.